The average molecular weight is 591 g/mol. The smallest absolute Gasteiger partial charge is 0.306 e. The third kappa shape index (κ3) is 12.5. The Morgan fingerprint density at radius 2 is 1.81 bits per heavy atom. The van der Waals surface area contributed by atoms with E-state index in [4.69, 9.17) is 14.9 Å². The van der Waals surface area contributed by atoms with Gasteiger partial charge >= 0.3 is 11.9 Å². The summed E-state index contributed by atoms with van der Waals surface area (Å²) in [7, 11) is 0. The van der Waals surface area contributed by atoms with Gasteiger partial charge in [0.05, 0.1) is 24.7 Å². The molecule has 0 spiro atoms. The number of aliphatic hydroxyl groups excluding tert-OH is 4. The number of carboxylic acid groups (broad SMARTS) is 1. The first kappa shape index (κ1) is 35.9. The van der Waals surface area contributed by atoms with Crippen LogP contribution in [0.5, 0.6) is 0 Å². The molecule has 0 radical (unpaired) electrons. The van der Waals surface area contributed by atoms with E-state index in [1.165, 1.54) is 0 Å². The molecule has 1 aliphatic heterocycles. The number of aliphatic carboxylic acids is 1. The van der Waals surface area contributed by atoms with Crippen molar-refractivity contribution in [1.29, 1.82) is 0 Å². The second-order valence-corrected chi connectivity index (χ2v) is 12.1. The summed E-state index contributed by atoms with van der Waals surface area (Å²) < 4.78 is 5.14. The molecule has 8 heteroatoms. The highest BCUT2D eigenvalue weighted by Crippen LogP contribution is 2.44. The molecule has 1 saturated heterocycles. The maximum atomic E-state index is 10.9. The number of unbranched alkanes of at least 4 members (excludes halogenated alkanes) is 3. The molecule has 42 heavy (non-hydrogen) atoms. The van der Waals surface area contributed by atoms with Crippen molar-refractivity contribution in [3.8, 4) is 0 Å². The monoisotopic (exact) mass is 590 g/mol. The van der Waals surface area contributed by atoms with Crippen LogP contribution in [-0.2, 0) is 14.3 Å². The minimum Gasteiger partial charge on any atom is -0.481 e. The van der Waals surface area contributed by atoms with Crippen LogP contribution in [-0.4, -0.2) is 68.5 Å². The van der Waals surface area contributed by atoms with Gasteiger partial charge in [-0.25, -0.2) is 0 Å². The van der Waals surface area contributed by atoms with Gasteiger partial charge in [0.25, 0.3) is 0 Å². The lowest BCUT2D eigenvalue weighted by Gasteiger charge is -2.19. The maximum Gasteiger partial charge on any atom is 0.306 e. The van der Waals surface area contributed by atoms with Crippen molar-refractivity contribution in [1.82, 2.24) is 0 Å². The summed E-state index contributed by atoms with van der Waals surface area (Å²) in [5.41, 5.74) is 0. The Kier molecular flexibility index (Phi) is 17.0. The zero-order valence-corrected chi connectivity index (χ0v) is 25.5. The summed E-state index contributed by atoms with van der Waals surface area (Å²) in [6, 6.07) is 0. The normalized spacial score (nSPS) is 32.0. The van der Waals surface area contributed by atoms with Crippen molar-refractivity contribution in [2.45, 2.75) is 115 Å². The lowest BCUT2D eigenvalue weighted by atomic mass is 9.89. The molecular formula is C34H54O8. The van der Waals surface area contributed by atoms with Gasteiger partial charge in [0, 0.05) is 31.3 Å². The number of rotatable bonds is 13. The van der Waals surface area contributed by atoms with E-state index in [1.54, 1.807) is 6.08 Å². The van der Waals surface area contributed by atoms with Crippen molar-refractivity contribution >= 4 is 11.9 Å². The van der Waals surface area contributed by atoms with E-state index in [-0.39, 0.29) is 48.8 Å². The van der Waals surface area contributed by atoms with Gasteiger partial charge in [-0.1, -0.05) is 81.7 Å². The maximum absolute atomic E-state index is 10.9. The van der Waals surface area contributed by atoms with Crippen LogP contribution in [0.15, 0.2) is 48.6 Å². The van der Waals surface area contributed by atoms with Crippen LogP contribution in [0.4, 0.5) is 0 Å². The van der Waals surface area contributed by atoms with Crippen LogP contribution >= 0.6 is 0 Å². The first-order valence-electron chi connectivity index (χ1n) is 15.9. The highest BCUT2D eigenvalue weighted by Gasteiger charge is 2.48. The number of carbonyl (C=O) groups excluding carboxylic acids is 1. The molecule has 3 aliphatic carbocycles. The molecule has 9 atom stereocenters. The largest absolute Gasteiger partial charge is 0.481 e. The van der Waals surface area contributed by atoms with Crippen LogP contribution in [0.1, 0.15) is 90.9 Å². The standard InChI is InChI=1S/C20H34O5.C9H14O3.C5H6/c1-2-3-6-9-15(21)12-13-17-16(18(22)14-19(17)23)10-7-4-5-8-11-20(24)25;1-5-2-8-6(7(5)4-10)3-9(11)12-8;1-2-4-5-3-1/h4,7,12-13,15-19,21-23H,2-3,5-6,8-11,14H2,1H3,(H,24,25);5-8,10H,2-4H2,1H3;1-4H,5H2/b7-4-,13-12+;;/t15-,16+,17+,18-,19+;5-,6-,7+,8+;/m01./s1. The van der Waals surface area contributed by atoms with Crippen molar-refractivity contribution in [3.63, 3.8) is 0 Å². The fourth-order valence-corrected chi connectivity index (χ4v) is 6.35. The first-order chi connectivity index (χ1) is 20.2. The van der Waals surface area contributed by atoms with E-state index >= 15 is 0 Å². The van der Waals surface area contributed by atoms with Gasteiger partial charge in [-0.3, -0.25) is 9.59 Å². The zero-order valence-electron chi connectivity index (χ0n) is 25.5. The molecule has 0 aromatic heterocycles. The fourth-order valence-electron chi connectivity index (χ4n) is 6.35. The van der Waals surface area contributed by atoms with Crippen molar-refractivity contribution in [2.75, 3.05) is 6.61 Å². The van der Waals surface area contributed by atoms with E-state index in [1.807, 2.05) is 18.2 Å². The van der Waals surface area contributed by atoms with Gasteiger partial charge < -0.3 is 30.3 Å². The Bertz CT molecular complexity index is 899. The quantitative estimate of drug-likeness (QED) is 0.113. The van der Waals surface area contributed by atoms with E-state index in [0.29, 0.717) is 38.0 Å². The van der Waals surface area contributed by atoms with Crippen LogP contribution in [0.25, 0.3) is 0 Å². The van der Waals surface area contributed by atoms with Crippen LogP contribution < -0.4 is 0 Å². The molecular weight excluding hydrogens is 536 g/mol. The number of carboxylic acids is 1. The van der Waals surface area contributed by atoms with Crippen LogP contribution in [0.2, 0.25) is 0 Å². The summed E-state index contributed by atoms with van der Waals surface area (Å²) in [6.07, 6.45) is 23.4. The summed E-state index contributed by atoms with van der Waals surface area (Å²) in [4.78, 5) is 21.4. The molecule has 0 aromatic carbocycles. The predicted octanol–water partition coefficient (Wildman–Crippen LogP) is 5.11. The van der Waals surface area contributed by atoms with E-state index in [9.17, 15) is 24.9 Å². The van der Waals surface area contributed by atoms with Gasteiger partial charge in [0.15, 0.2) is 0 Å². The number of aliphatic hydroxyl groups is 4. The minimum absolute atomic E-state index is 0.0650. The SMILES string of the molecule is C1=CCC=C1.CCCCC[C@H](O)/C=C/[C@@H]1[C@@H](C/C=C\CCCC(=O)O)[C@@H](O)C[C@H]1O.C[C@@H]1C[C@@H]2OC(=O)C[C@@H]2[C@H]1CO. The summed E-state index contributed by atoms with van der Waals surface area (Å²) >= 11 is 0. The topological polar surface area (TPSA) is 145 Å². The lowest BCUT2D eigenvalue weighted by molar-refractivity contribution is -0.141. The van der Waals surface area contributed by atoms with E-state index < -0.39 is 24.3 Å². The molecule has 3 fully saturated rings. The van der Waals surface area contributed by atoms with Crippen molar-refractivity contribution in [3.05, 3.63) is 48.6 Å². The summed E-state index contributed by atoms with van der Waals surface area (Å²) in [5, 5.41) is 48.1. The Labute approximate surface area is 251 Å². The number of allylic oxidation sites excluding steroid dienone is 6. The van der Waals surface area contributed by atoms with Crippen LogP contribution in [0, 0.1) is 29.6 Å². The number of esters is 1. The minimum atomic E-state index is -0.787. The zero-order chi connectivity index (χ0) is 30.9. The summed E-state index contributed by atoms with van der Waals surface area (Å²) in [6.45, 7) is 4.43. The number of hydrogen-bond acceptors (Lipinski definition) is 7. The lowest BCUT2D eigenvalue weighted by Crippen LogP contribution is -2.20. The van der Waals surface area contributed by atoms with Gasteiger partial charge in [-0.2, -0.15) is 0 Å². The first-order valence-corrected chi connectivity index (χ1v) is 15.9. The molecule has 4 rings (SSSR count). The highest BCUT2D eigenvalue weighted by atomic mass is 16.6. The Balaban J connectivity index is 0.000000292. The fraction of sp³-hybridized carbons (Fsp3) is 0.706. The molecule has 1 heterocycles. The van der Waals surface area contributed by atoms with Gasteiger partial charge in [-0.05, 0) is 56.3 Å². The molecule has 4 aliphatic rings. The number of ether oxygens (including phenoxy) is 1. The second-order valence-electron chi connectivity index (χ2n) is 12.1. The highest BCUT2D eigenvalue weighted by molar-refractivity contribution is 5.72. The van der Waals surface area contributed by atoms with Gasteiger partial charge in [-0.15, -0.1) is 0 Å². The number of fused-ring (bicyclic) bond motifs is 1. The molecule has 0 aromatic rings. The second kappa shape index (κ2) is 19.8. The van der Waals surface area contributed by atoms with Crippen LogP contribution in [0.3, 0.4) is 0 Å². The number of hydrogen-bond donors (Lipinski definition) is 5. The number of carbonyl (C=O) groups is 2. The summed E-state index contributed by atoms with van der Waals surface area (Å²) in [5.74, 6) is -0.0258. The molecule has 238 valence electrons. The molecule has 0 unspecified atom stereocenters. The van der Waals surface area contributed by atoms with Gasteiger partial charge in [0.2, 0.25) is 0 Å². The Morgan fingerprint density at radius 1 is 1.07 bits per heavy atom. The third-order valence-corrected chi connectivity index (χ3v) is 8.83. The molecule has 0 bridgehead atoms. The molecule has 0 amide bonds. The third-order valence-electron chi connectivity index (χ3n) is 8.83. The average Bonchev–Trinajstić information content (AvgIpc) is 3.72. The predicted molar refractivity (Wildman–Crippen MR) is 163 cm³/mol. The van der Waals surface area contributed by atoms with Gasteiger partial charge in [0.1, 0.15) is 6.10 Å². The molecule has 8 nitrogen and oxygen atoms in total. The van der Waals surface area contributed by atoms with E-state index in [0.717, 1.165) is 38.5 Å². The van der Waals surface area contributed by atoms with E-state index in [2.05, 4.69) is 38.2 Å². The Morgan fingerprint density at radius 3 is 2.43 bits per heavy atom. The van der Waals surface area contributed by atoms with Crippen molar-refractivity contribution in [2.24, 2.45) is 29.6 Å². The van der Waals surface area contributed by atoms with Crippen molar-refractivity contribution < 1.29 is 39.9 Å². The molecule has 2 saturated carbocycles. The Hall–Kier alpha value is -2.26. The molecule has 5 N–H and O–H groups in total.